The fourth-order valence-corrected chi connectivity index (χ4v) is 1.34. The molecule has 1 aromatic rings. The van der Waals surface area contributed by atoms with Gasteiger partial charge in [-0.3, -0.25) is 4.79 Å². The van der Waals surface area contributed by atoms with Gasteiger partial charge in [0.25, 0.3) is 0 Å². The van der Waals surface area contributed by atoms with Crippen LogP contribution >= 0.6 is 0 Å². The van der Waals surface area contributed by atoms with E-state index < -0.39 is 0 Å². The molecule has 0 bridgehead atoms. The Morgan fingerprint density at radius 2 is 1.83 bits per heavy atom. The molecule has 0 saturated heterocycles. The van der Waals surface area contributed by atoms with E-state index in [4.69, 9.17) is 9.84 Å². The molecule has 0 radical (unpaired) electrons. The smallest absolute Gasteiger partial charge is 0.311 e. The van der Waals surface area contributed by atoms with Crippen LogP contribution < -0.4 is 0 Å². The van der Waals surface area contributed by atoms with Crippen LogP contribution in [0.15, 0.2) is 30.3 Å². The summed E-state index contributed by atoms with van der Waals surface area (Å²) in [5, 5.41) is 8.79. The fourth-order valence-electron chi connectivity index (χ4n) is 1.34. The second-order valence-corrected chi connectivity index (χ2v) is 4.44. The molecule has 102 valence electrons. The maximum atomic E-state index is 11.0. The molecule has 1 N–H and O–H groups in total. The fraction of sp³-hybridized carbons (Fsp3) is 0.533. The summed E-state index contributed by atoms with van der Waals surface area (Å²) >= 11 is 0. The Labute approximate surface area is 110 Å². The Morgan fingerprint density at radius 3 is 2.11 bits per heavy atom. The highest BCUT2D eigenvalue weighted by atomic mass is 16.5. The first-order valence-electron chi connectivity index (χ1n) is 6.32. The summed E-state index contributed by atoms with van der Waals surface area (Å²) in [5.74, 6) is -0.529. The number of aryl methyl sites for hydroxylation is 1. The highest BCUT2D eigenvalue weighted by molar-refractivity contribution is 5.72. The zero-order valence-corrected chi connectivity index (χ0v) is 11.7. The van der Waals surface area contributed by atoms with Gasteiger partial charge >= 0.3 is 5.97 Å². The maximum Gasteiger partial charge on any atom is 0.311 e. The van der Waals surface area contributed by atoms with Crippen molar-refractivity contribution in [3.05, 3.63) is 35.9 Å². The molecule has 3 nitrogen and oxygen atoms in total. The molecule has 1 rings (SSSR count). The number of rotatable bonds is 4. The van der Waals surface area contributed by atoms with Crippen molar-refractivity contribution in [1.29, 1.82) is 0 Å². The van der Waals surface area contributed by atoms with E-state index in [1.165, 1.54) is 5.56 Å². The summed E-state index contributed by atoms with van der Waals surface area (Å²) in [5.41, 5.74) is 1.32. The summed E-state index contributed by atoms with van der Waals surface area (Å²) in [4.78, 5) is 11.0. The molecule has 1 aromatic carbocycles. The van der Waals surface area contributed by atoms with E-state index in [2.05, 4.69) is 19.1 Å². The van der Waals surface area contributed by atoms with E-state index in [9.17, 15) is 4.79 Å². The van der Waals surface area contributed by atoms with Gasteiger partial charge in [0, 0.05) is 0 Å². The third-order valence-corrected chi connectivity index (χ3v) is 2.53. The van der Waals surface area contributed by atoms with Crippen molar-refractivity contribution in [2.75, 3.05) is 13.2 Å². The lowest BCUT2D eigenvalue weighted by Gasteiger charge is -2.15. The van der Waals surface area contributed by atoms with Gasteiger partial charge in [-0.15, -0.1) is 0 Å². The number of carbonyl (C=O) groups is 1. The van der Waals surface area contributed by atoms with Gasteiger partial charge in [0.05, 0.1) is 19.1 Å². The number of hydrogen-bond acceptors (Lipinski definition) is 3. The average molecular weight is 252 g/mol. The summed E-state index contributed by atoms with van der Waals surface area (Å²) in [6, 6.07) is 10.3. The predicted molar refractivity (Wildman–Crippen MR) is 73.2 cm³/mol. The Hall–Kier alpha value is -1.35. The molecule has 0 aromatic heterocycles. The highest BCUT2D eigenvalue weighted by Crippen LogP contribution is 2.11. The van der Waals surface area contributed by atoms with Gasteiger partial charge in [-0.2, -0.15) is 0 Å². The second-order valence-electron chi connectivity index (χ2n) is 4.44. The molecular weight excluding hydrogens is 228 g/mol. The van der Waals surface area contributed by atoms with Crippen molar-refractivity contribution in [3.63, 3.8) is 0 Å². The Balaban J connectivity index is 0.000000351. The van der Waals surface area contributed by atoms with Crippen LogP contribution in [0.1, 0.15) is 26.3 Å². The first-order chi connectivity index (χ1) is 8.52. The third-order valence-electron chi connectivity index (χ3n) is 2.53. The number of hydrogen-bond donors (Lipinski definition) is 1. The van der Waals surface area contributed by atoms with Gasteiger partial charge in [0.1, 0.15) is 0 Å². The molecule has 1 unspecified atom stereocenters. The number of ether oxygens (including phenoxy) is 1. The van der Waals surface area contributed by atoms with Crippen LogP contribution in [0.3, 0.4) is 0 Å². The zero-order valence-electron chi connectivity index (χ0n) is 11.7. The van der Waals surface area contributed by atoms with Crippen molar-refractivity contribution < 1.29 is 14.6 Å². The highest BCUT2D eigenvalue weighted by Gasteiger charge is 2.21. The van der Waals surface area contributed by atoms with Crippen LogP contribution in [-0.2, 0) is 9.53 Å². The topological polar surface area (TPSA) is 46.5 Å². The lowest BCUT2D eigenvalue weighted by molar-refractivity contribution is -0.151. The lowest BCUT2D eigenvalue weighted by atomic mass is 9.97. The van der Waals surface area contributed by atoms with Gasteiger partial charge in [-0.05, 0) is 19.8 Å². The van der Waals surface area contributed by atoms with E-state index in [1.807, 2.05) is 32.0 Å². The Bertz CT molecular complexity index is 320. The van der Waals surface area contributed by atoms with Crippen LogP contribution in [0.4, 0.5) is 0 Å². The van der Waals surface area contributed by atoms with E-state index in [0.29, 0.717) is 6.61 Å². The average Bonchev–Trinajstić information content (AvgIpc) is 2.31. The monoisotopic (exact) mass is 252 g/mol. The molecule has 0 heterocycles. The molecule has 0 fully saturated rings. The predicted octanol–water partition coefficient (Wildman–Crippen LogP) is 2.81. The number of aliphatic hydroxyl groups is 1. The molecule has 18 heavy (non-hydrogen) atoms. The minimum atomic E-state index is -0.366. The molecule has 3 heteroatoms. The molecule has 0 spiro atoms. The molecule has 0 saturated carbocycles. The van der Waals surface area contributed by atoms with Gasteiger partial charge < -0.3 is 9.84 Å². The van der Waals surface area contributed by atoms with Crippen LogP contribution in [-0.4, -0.2) is 24.3 Å². The summed E-state index contributed by atoms with van der Waals surface area (Å²) in [7, 11) is 0. The summed E-state index contributed by atoms with van der Waals surface area (Å²) in [6.45, 7) is 7.86. The first-order valence-corrected chi connectivity index (χ1v) is 6.32. The molecule has 1 atom stereocenters. The maximum absolute atomic E-state index is 11.0. The van der Waals surface area contributed by atoms with Crippen molar-refractivity contribution in [3.8, 4) is 0 Å². The number of benzene rings is 1. The quantitative estimate of drug-likeness (QED) is 0.838. The normalized spacial score (nSPS) is 11.4. The largest absolute Gasteiger partial charge is 0.466 e. The Morgan fingerprint density at radius 1 is 1.28 bits per heavy atom. The van der Waals surface area contributed by atoms with Crippen molar-refractivity contribution in [2.24, 2.45) is 11.8 Å². The van der Waals surface area contributed by atoms with Crippen LogP contribution in [0.2, 0.25) is 0 Å². The van der Waals surface area contributed by atoms with E-state index in [0.717, 1.165) is 0 Å². The van der Waals surface area contributed by atoms with E-state index >= 15 is 0 Å². The second kappa shape index (κ2) is 9.66. The molecule has 0 aliphatic carbocycles. The van der Waals surface area contributed by atoms with Crippen LogP contribution in [0.25, 0.3) is 0 Å². The molecule has 0 aliphatic rings. The third kappa shape index (κ3) is 7.07. The van der Waals surface area contributed by atoms with Crippen molar-refractivity contribution >= 4 is 5.97 Å². The van der Waals surface area contributed by atoms with Gasteiger partial charge in [0.2, 0.25) is 0 Å². The van der Waals surface area contributed by atoms with Crippen LogP contribution in [0.5, 0.6) is 0 Å². The molecule has 0 amide bonds. The lowest BCUT2D eigenvalue weighted by Crippen LogP contribution is -2.25. The molecular formula is C15H24O3. The summed E-state index contributed by atoms with van der Waals surface area (Å²) in [6.07, 6.45) is 0. The minimum absolute atomic E-state index is 0.128. The van der Waals surface area contributed by atoms with Crippen LogP contribution in [0, 0.1) is 18.8 Å². The minimum Gasteiger partial charge on any atom is -0.466 e. The summed E-state index contributed by atoms with van der Waals surface area (Å²) < 4.78 is 4.76. The SMILES string of the molecule is CCOC(=O)C(CO)C(C)C.Cc1ccccc1. The van der Waals surface area contributed by atoms with E-state index in [-0.39, 0.29) is 24.4 Å². The van der Waals surface area contributed by atoms with E-state index in [1.54, 1.807) is 6.92 Å². The first kappa shape index (κ1) is 16.6. The van der Waals surface area contributed by atoms with Crippen molar-refractivity contribution in [1.82, 2.24) is 0 Å². The van der Waals surface area contributed by atoms with Gasteiger partial charge in [0.15, 0.2) is 0 Å². The van der Waals surface area contributed by atoms with Gasteiger partial charge in [-0.25, -0.2) is 0 Å². The van der Waals surface area contributed by atoms with Crippen molar-refractivity contribution in [2.45, 2.75) is 27.7 Å². The molecule has 0 aliphatic heterocycles. The van der Waals surface area contributed by atoms with Gasteiger partial charge in [-0.1, -0.05) is 49.7 Å². The standard InChI is InChI=1S/C8H16O3.C7H8/c1-4-11-8(10)7(5-9)6(2)3;1-7-5-3-2-4-6-7/h6-7,9H,4-5H2,1-3H3;2-6H,1H3. The number of aliphatic hydroxyl groups excluding tert-OH is 1. The number of esters is 1. The zero-order chi connectivity index (χ0) is 14.0. The Kier molecular flexibility index (Phi) is 8.93. The number of carbonyl (C=O) groups excluding carboxylic acids is 1.